The van der Waals surface area contributed by atoms with Crippen molar-refractivity contribution in [1.29, 1.82) is 0 Å². The predicted molar refractivity (Wildman–Crippen MR) is 107 cm³/mol. The summed E-state index contributed by atoms with van der Waals surface area (Å²) in [5.74, 6) is -0.537. The van der Waals surface area contributed by atoms with E-state index >= 15 is 0 Å². The van der Waals surface area contributed by atoms with E-state index in [4.69, 9.17) is 4.74 Å². The topological polar surface area (TPSA) is 68.5 Å². The number of aromatic nitrogens is 3. The summed E-state index contributed by atoms with van der Waals surface area (Å²) < 4.78 is 21.4. The van der Waals surface area contributed by atoms with Crippen LogP contribution in [0.5, 0.6) is 0 Å². The zero-order chi connectivity index (χ0) is 20.0. The zero-order valence-corrected chi connectivity index (χ0v) is 16.8. The molecule has 28 heavy (non-hydrogen) atoms. The number of aryl methyl sites for hydroxylation is 3. The summed E-state index contributed by atoms with van der Waals surface area (Å²) >= 11 is 1.57. The Morgan fingerprint density at radius 3 is 2.82 bits per heavy atom. The van der Waals surface area contributed by atoms with Gasteiger partial charge in [-0.1, -0.05) is 0 Å². The van der Waals surface area contributed by atoms with Gasteiger partial charge < -0.3 is 10.1 Å². The normalized spacial score (nSPS) is 11.5. The van der Waals surface area contributed by atoms with E-state index in [1.54, 1.807) is 34.1 Å². The summed E-state index contributed by atoms with van der Waals surface area (Å²) in [5, 5.41) is 8.17. The molecule has 0 saturated heterocycles. The average molecular weight is 398 g/mol. The zero-order valence-electron chi connectivity index (χ0n) is 16.0. The van der Waals surface area contributed by atoms with E-state index in [2.05, 4.69) is 15.4 Å². The Morgan fingerprint density at radius 1 is 1.29 bits per heavy atom. The number of nitrogens with one attached hydrogen (secondary N) is 1. The third kappa shape index (κ3) is 2.94. The molecule has 0 aliphatic carbocycles. The van der Waals surface area contributed by atoms with Gasteiger partial charge in [-0.25, -0.2) is 13.9 Å². The Kier molecular flexibility index (Phi) is 4.60. The number of carbonyl (C=O) groups is 1. The highest BCUT2D eigenvalue weighted by atomic mass is 32.1. The van der Waals surface area contributed by atoms with Crippen molar-refractivity contribution < 1.29 is 13.9 Å². The quantitative estimate of drug-likeness (QED) is 0.528. The number of amides is 1. The molecule has 0 radical (unpaired) electrons. The molecule has 1 aromatic carbocycles. The van der Waals surface area contributed by atoms with Crippen LogP contribution in [0.3, 0.4) is 0 Å². The molecule has 0 saturated carbocycles. The van der Waals surface area contributed by atoms with Crippen molar-refractivity contribution in [3.63, 3.8) is 0 Å². The molecule has 0 aliphatic heterocycles. The molecule has 8 heteroatoms. The molecule has 1 N–H and O–H groups in total. The van der Waals surface area contributed by atoms with E-state index in [0.717, 1.165) is 31.9 Å². The van der Waals surface area contributed by atoms with Gasteiger partial charge in [0.2, 0.25) is 0 Å². The molecular formula is C20H19FN4O2S. The Labute approximate surface area is 165 Å². The Hall–Kier alpha value is -2.84. The number of thiophene rings is 1. The number of nitrogens with zero attached hydrogens (tertiary/aromatic N) is 3. The van der Waals surface area contributed by atoms with Gasteiger partial charge in [0.25, 0.3) is 5.91 Å². The third-order valence-corrected chi connectivity index (χ3v) is 5.90. The van der Waals surface area contributed by atoms with E-state index in [0.29, 0.717) is 16.9 Å². The van der Waals surface area contributed by atoms with E-state index in [1.807, 2.05) is 20.8 Å². The fourth-order valence-corrected chi connectivity index (χ4v) is 4.60. The maximum absolute atomic E-state index is 13.7. The fourth-order valence-electron chi connectivity index (χ4n) is 3.33. The van der Waals surface area contributed by atoms with E-state index in [9.17, 15) is 9.18 Å². The SMILES string of the molecule is COCNC(=O)c1cc(C)nn2c(-c3sc4ccc(F)cc4c3C)c(C)nc12. The minimum absolute atomic E-state index is 0.111. The summed E-state index contributed by atoms with van der Waals surface area (Å²) in [6, 6.07) is 6.51. The maximum atomic E-state index is 13.7. The first-order chi connectivity index (χ1) is 13.4. The van der Waals surface area contributed by atoms with Gasteiger partial charge in [0.05, 0.1) is 21.8 Å². The first-order valence-corrected chi connectivity index (χ1v) is 9.55. The molecule has 0 fully saturated rings. The molecule has 0 spiro atoms. The van der Waals surface area contributed by atoms with E-state index in [1.165, 1.54) is 13.2 Å². The van der Waals surface area contributed by atoms with Gasteiger partial charge in [-0.3, -0.25) is 4.79 Å². The minimum atomic E-state index is -0.274. The van der Waals surface area contributed by atoms with Crippen LogP contribution in [0.4, 0.5) is 4.39 Å². The minimum Gasteiger partial charge on any atom is -0.364 e. The van der Waals surface area contributed by atoms with Crippen molar-refractivity contribution in [1.82, 2.24) is 19.9 Å². The van der Waals surface area contributed by atoms with Gasteiger partial charge in [0.15, 0.2) is 5.65 Å². The van der Waals surface area contributed by atoms with Crippen LogP contribution in [-0.2, 0) is 4.74 Å². The average Bonchev–Trinajstić information content (AvgIpc) is 3.15. The lowest BCUT2D eigenvalue weighted by atomic mass is 10.1. The van der Waals surface area contributed by atoms with Gasteiger partial charge in [0.1, 0.15) is 18.2 Å². The van der Waals surface area contributed by atoms with Crippen molar-refractivity contribution >= 4 is 33.0 Å². The second-order valence-corrected chi connectivity index (χ2v) is 7.67. The lowest BCUT2D eigenvalue weighted by molar-refractivity contribution is 0.0873. The van der Waals surface area contributed by atoms with Crippen LogP contribution in [0.25, 0.3) is 26.3 Å². The van der Waals surface area contributed by atoms with Crippen LogP contribution in [-0.4, -0.2) is 34.3 Å². The number of fused-ring (bicyclic) bond motifs is 2. The highest BCUT2D eigenvalue weighted by molar-refractivity contribution is 7.22. The number of rotatable bonds is 4. The summed E-state index contributed by atoms with van der Waals surface area (Å²) in [4.78, 5) is 18.1. The van der Waals surface area contributed by atoms with Gasteiger partial charge in [0, 0.05) is 11.8 Å². The molecule has 0 atom stereocenters. The number of benzene rings is 1. The van der Waals surface area contributed by atoms with Crippen LogP contribution < -0.4 is 5.32 Å². The Balaban J connectivity index is 1.96. The van der Waals surface area contributed by atoms with Gasteiger partial charge >= 0.3 is 0 Å². The Morgan fingerprint density at radius 2 is 2.07 bits per heavy atom. The van der Waals surface area contributed by atoms with Crippen molar-refractivity contribution in [3.05, 3.63) is 52.6 Å². The first-order valence-electron chi connectivity index (χ1n) is 8.74. The van der Waals surface area contributed by atoms with Gasteiger partial charge in [-0.2, -0.15) is 5.10 Å². The Bertz CT molecular complexity index is 1230. The second-order valence-electron chi connectivity index (χ2n) is 6.62. The van der Waals surface area contributed by atoms with Gasteiger partial charge in [-0.05, 0) is 56.0 Å². The predicted octanol–water partition coefficient (Wildman–Crippen LogP) is 4.01. The molecule has 144 valence electrons. The standard InChI is InChI=1S/C20H19FN4O2S/c1-10-7-15(20(26)22-9-27-4)19-23-12(3)17(25(19)24-10)18-11(2)14-8-13(21)5-6-16(14)28-18/h5-8H,9H2,1-4H3,(H,22,26). The number of hydrogen-bond acceptors (Lipinski definition) is 5. The van der Waals surface area contributed by atoms with Crippen LogP contribution in [0, 0.1) is 26.6 Å². The molecule has 1 amide bonds. The molecule has 0 unspecified atom stereocenters. The van der Waals surface area contributed by atoms with Crippen LogP contribution in [0.2, 0.25) is 0 Å². The summed E-state index contributed by atoms with van der Waals surface area (Å²) in [5.41, 5.74) is 4.16. The van der Waals surface area contributed by atoms with Crippen molar-refractivity contribution in [2.45, 2.75) is 20.8 Å². The highest BCUT2D eigenvalue weighted by Gasteiger charge is 2.22. The maximum Gasteiger partial charge on any atom is 0.256 e. The monoisotopic (exact) mass is 398 g/mol. The summed E-state index contributed by atoms with van der Waals surface area (Å²) in [6.07, 6.45) is 0. The van der Waals surface area contributed by atoms with Crippen molar-refractivity contribution in [2.24, 2.45) is 0 Å². The fraction of sp³-hybridized carbons (Fsp3) is 0.250. The number of hydrogen-bond donors (Lipinski definition) is 1. The highest BCUT2D eigenvalue weighted by Crippen LogP contribution is 2.40. The number of ether oxygens (including phenoxy) is 1. The number of carbonyl (C=O) groups excluding carboxylic acids is 1. The van der Waals surface area contributed by atoms with Crippen LogP contribution in [0.15, 0.2) is 24.3 Å². The van der Waals surface area contributed by atoms with Crippen LogP contribution >= 0.6 is 11.3 Å². The molecular weight excluding hydrogens is 379 g/mol. The van der Waals surface area contributed by atoms with Gasteiger partial charge in [-0.15, -0.1) is 11.3 Å². The number of methoxy groups -OCH3 is 1. The van der Waals surface area contributed by atoms with Crippen LogP contribution in [0.1, 0.15) is 27.3 Å². The lowest BCUT2D eigenvalue weighted by Crippen LogP contribution is -2.26. The molecule has 4 rings (SSSR count). The second kappa shape index (κ2) is 6.96. The summed E-state index contributed by atoms with van der Waals surface area (Å²) in [6.45, 7) is 5.80. The first kappa shape index (κ1) is 18.5. The van der Waals surface area contributed by atoms with Crippen molar-refractivity contribution in [2.75, 3.05) is 13.8 Å². The number of halogens is 1. The molecule has 3 aromatic heterocycles. The van der Waals surface area contributed by atoms with Crippen molar-refractivity contribution in [3.8, 4) is 10.6 Å². The van der Waals surface area contributed by atoms with E-state index < -0.39 is 0 Å². The van der Waals surface area contributed by atoms with E-state index in [-0.39, 0.29) is 18.5 Å². The third-order valence-electron chi connectivity index (χ3n) is 4.62. The molecule has 6 nitrogen and oxygen atoms in total. The molecule has 0 aliphatic rings. The largest absolute Gasteiger partial charge is 0.364 e. The smallest absolute Gasteiger partial charge is 0.256 e. The summed E-state index contributed by atoms with van der Waals surface area (Å²) in [7, 11) is 1.51. The number of imidazole rings is 1. The molecule has 0 bridgehead atoms. The lowest BCUT2D eigenvalue weighted by Gasteiger charge is -2.07. The molecule has 3 heterocycles. The molecule has 4 aromatic rings.